The Morgan fingerprint density at radius 1 is 0.956 bits per heavy atom. The zero-order valence-corrected chi connectivity index (χ0v) is 25.1. The van der Waals surface area contributed by atoms with Crippen LogP contribution >= 0.6 is 0 Å². The number of nitrogens with zero attached hydrogens (tertiary/aromatic N) is 2. The Hall–Kier alpha value is -4.77. The number of pyridine rings is 1. The van der Waals surface area contributed by atoms with Gasteiger partial charge >= 0.3 is 0 Å². The predicted octanol–water partition coefficient (Wildman–Crippen LogP) is 6.39. The lowest BCUT2D eigenvalue weighted by Gasteiger charge is -2.28. The number of benzene rings is 3. The van der Waals surface area contributed by atoms with Crippen molar-refractivity contribution in [2.75, 3.05) is 44.5 Å². The van der Waals surface area contributed by atoms with Crippen LogP contribution in [0.4, 0.5) is 20.2 Å². The third-order valence-corrected chi connectivity index (χ3v) is 8.45. The molecule has 0 atom stereocenters. The highest BCUT2D eigenvalue weighted by Gasteiger charge is 2.56. The molecular formula is C34H34F2N4O5. The molecular weight excluding hydrogens is 582 g/mol. The molecule has 1 saturated heterocycles. The molecule has 9 nitrogen and oxygen atoms in total. The normalized spacial score (nSPS) is 16.2. The van der Waals surface area contributed by atoms with Gasteiger partial charge in [-0.2, -0.15) is 0 Å². The number of ether oxygens (including phenoxy) is 3. The summed E-state index contributed by atoms with van der Waals surface area (Å²) in [5, 5.41) is 5.91. The molecule has 0 radical (unpaired) electrons. The number of carbonyl (C=O) groups excluding carboxylic acids is 2. The molecule has 2 N–H and O–H groups in total. The van der Waals surface area contributed by atoms with E-state index in [1.807, 2.05) is 0 Å². The van der Waals surface area contributed by atoms with E-state index < -0.39 is 28.9 Å². The molecule has 0 bridgehead atoms. The number of hydrogen-bond donors (Lipinski definition) is 2. The summed E-state index contributed by atoms with van der Waals surface area (Å²) in [6.45, 7) is 2.63. The number of nitrogens with one attached hydrogen (secondary N) is 2. The molecule has 1 saturated carbocycles. The average Bonchev–Trinajstić information content (AvgIpc) is 3.86. The number of anilines is 2. The van der Waals surface area contributed by atoms with E-state index in [9.17, 15) is 14.0 Å². The highest BCUT2D eigenvalue weighted by molar-refractivity contribution is 6.17. The van der Waals surface area contributed by atoms with E-state index in [-0.39, 0.29) is 17.2 Å². The van der Waals surface area contributed by atoms with Crippen LogP contribution in [-0.4, -0.2) is 55.6 Å². The van der Waals surface area contributed by atoms with E-state index in [2.05, 4.69) is 27.6 Å². The van der Waals surface area contributed by atoms with Gasteiger partial charge < -0.3 is 29.7 Å². The number of hydrogen-bond acceptors (Lipinski definition) is 7. The molecule has 2 heterocycles. The lowest BCUT2D eigenvalue weighted by molar-refractivity contribution is -0.131. The summed E-state index contributed by atoms with van der Waals surface area (Å²) in [4.78, 5) is 33.2. The first-order valence-electron chi connectivity index (χ1n) is 14.9. The third kappa shape index (κ3) is 6.53. The Balaban J connectivity index is 1.21. The van der Waals surface area contributed by atoms with Crippen molar-refractivity contribution >= 4 is 34.1 Å². The van der Waals surface area contributed by atoms with Crippen LogP contribution in [0.15, 0.2) is 66.9 Å². The molecule has 2 aliphatic rings. The molecule has 2 fully saturated rings. The molecule has 1 aliphatic heterocycles. The fraction of sp³-hybridized carbons (Fsp3) is 0.324. The first kappa shape index (κ1) is 30.3. The van der Waals surface area contributed by atoms with Gasteiger partial charge in [0.2, 0.25) is 11.8 Å². The molecule has 6 rings (SSSR count). The van der Waals surface area contributed by atoms with Crippen LogP contribution in [0.2, 0.25) is 0 Å². The van der Waals surface area contributed by atoms with Crippen LogP contribution in [-0.2, 0) is 9.59 Å². The lowest BCUT2D eigenvalue weighted by Crippen LogP contribution is -2.35. The van der Waals surface area contributed by atoms with Gasteiger partial charge in [0.1, 0.15) is 17.0 Å². The summed E-state index contributed by atoms with van der Waals surface area (Å²) in [6.07, 6.45) is 4.29. The summed E-state index contributed by atoms with van der Waals surface area (Å²) in [7, 11) is 3.66. The quantitative estimate of drug-likeness (QED) is 0.199. The number of piperidine rings is 1. The minimum atomic E-state index is -1.33. The maximum absolute atomic E-state index is 15.2. The molecule has 0 spiro atoms. The minimum Gasteiger partial charge on any atom is -0.493 e. The second kappa shape index (κ2) is 12.7. The second-order valence-electron chi connectivity index (χ2n) is 11.6. The zero-order chi connectivity index (χ0) is 31.6. The number of para-hydroxylation sites is 1. The SMILES string of the molecule is COc1cc2c(Oc3c(F)cccc3NC(=O)C3(C(=O)Nc4ccc(F)cc4)CC3)ccnc2cc1OCC1CCN(C)CC1. The smallest absolute Gasteiger partial charge is 0.240 e. The van der Waals surface area contributed by atoms with Crippen molar-refractivity contribution in [3.8, 4) is 23.0 Å². The third-order valence-electron chi connectivity index (χ3n) is 8.45. The molecule has 0 unspecified atom stereocenters. The van der Waals surface area contributed by atoms with Crippen LogP contribution in [0.25, 0.3) is 10.9 Å². The molecule has 45 heavy (non-hydrogen) atoms. The van der Waals surface area contributed by atoms with Crippen molar-refractivity contribution in [3.05, 3.63) is 78.5 Å². The van der Waals surface area contributed by atoms with E-state index in [4.69, 9.17) is 14.2 Å². The van der Waals surface area contributed by atoms with E-state index >= 15 is 4.39 Å². The molecule has 2 amide bonds. The maximum atomic E-state index is 15.2. The Kier molecular flexibility index (Phi) is 8.53. The van der Waals surface area contributed by atoms with Crippen molar-refractivity contribution in [2.24, 2.45) is 11.3 Å². The van der Waals surface area contributed by atoms with Gasteiger partial charge in [-0.15, -0.1) is 0 Å². The van der Waals surface area contributed by atoms with Gasteiger partial charge in [0.25, 0.3) is 0 Å². The van der Waals surface area contributed by atoms with Crippen molar-refractivity contribution in [1.29, 1.82) is 0 Å². The Labute approximate surface area is 259 Å². The monoisotopic (exact) mass is 616 g/mol. The van der Waals surface area contributed by atoms with Gasteiger partial charge in [0, 0.05) is 23.3 Å². The van der Waals surface area contributed by atoms with Crippen LogP contribution in [0.5, 0.6) is 23.0 Å². The number of amides is 2. The summed E-state index contributed by atoms with van der Waals surface area (Å²) in [6, 6.07) is 14.5. The zero-order valence-electron chi connectivity index (χ0n) is 25.1. The van der Waals surface area contributed by atoms with Crippen molar-refractivity contribution in [1.82, 2.24) is 9.88 Å². The molecule has 234 valence electrons. The highest BCUT2D eigenvalue weighted by atomic mass is 19.1. The first-order valence-corrected chi connectivity index (χ1v) is 14.9. The number of rotatable bonds is 10. The minimum absolute atomic E-state index is 0.0656. The molecule has 3 aromatic carbocycles. The van der Waals surface area contributed by atoms with Crippen LogP contribution in [0.1, 0.15) is 25.7 Å². The largest absolute Gasteiger partial charge is 0.493 e. The number of fused-ring (bicyclic) bond motifs is 1. The van der Waals surface area contributed by atoms with Gasteiger partial charge in [0.15, 0.2) is 23.1 Å². The molecule has 1 aliphatic carbocycles. The van der Waals surface area contributed by atoms with E-state index in [0.29, 0.717) is 53.5 Å². The van der Waals surface area contributed by atoms with Crippen molar-refractivity contribution < 1.29 is 32.6 Å². The number of carbonyl (C=O) groups is 2. The van der Waals surface area contributed by atoms with Gasteiger partial charge in [0.05, 0.1) is 24.9 Å². The fourth-order valence-electron chi connectivity index (χ4n) is 5.46. The molecule has 4 aromatic rings. The second-order valence-corrected chi connectivity index (χ2v) is 11.6. The van der Waals surface area contributed by atoms with Crippen LogP contribution in [0, 0.1) is 23.0 Å². The summed E-state index contributed by atoms with van der Waals surface area (Å²) >= 11 is 0. The number of aromatic nitrogens is 1. The molecule has 1 aromatic heterocycles. The maximum Gasteiger partial charge on any atom is 0.240 e. The highest BCUT2D eigenvalue weighted by Crippen LogP contribution is 2.48. The Morgan fingerprint density at radius 3 is 2.40 bits per heavy atom. The number of methoxy groups -OCH3 is 1. The average molecular weight is 617 g/mol. The number of likely N-dealkylation sites (tertiary alicyclic amines) is 1. The van der Waals surface area contributed by atoms with Gasteiger partial charge in [-0.05, 0) is 100 Å². The van der Waals surface area contributed by atoms with Gasteiger partial charge in [-0.25, -0.2) is 8.78 Å². The van der Waals surface area contributed by atoms with Crippen LogP contribution in [0.3, 0.4) is 0 Å². The standard InChI is InChI=1S/C34H34F2N4O5/c1-40-16-11-21(12-17-40)20-44-30-19-27-24(18-29(30)43-2)28(10-15-37-27)45-31-25(36)4-3-5-26(31)39-33(42)34(13-14-34)32(41)38-23-8-6-22(35)7-9-23/h3-10,15,18-19,21H,11-14,16-17,20H2,1-2H3,(H,38,41)(H,39,42). The van der Waals surface area contributed by atoms with E-state index in [1.54, 1.807) is 31.5 Å². The molecule has 11 heteroatoms. The Bertz CT molecular complexity index is 1720. The van der Waals surface area contributed by atoms with Gasteiger partial charge in [-0.3, -0.25) is 14.6 Å². The Morgan fingerprint density at radius 2 is 1.69 bits per heavy atom. The lowest BCUT2D eigenvalue weighted by atomic mass is 9.98. The van der Waals surface area contributed by atoms with Crippen LogP contribution < -0.4 is 24.8 Å². The van der Waals surface area contributed by atoms with Gasteiger partial charge in [-0.1, -0.05) is 6.07 Å². The summed E-state index contributed by atoms with van der Waals surface area (Å²) < 4.78 is 46.4. The van der Waals surface area contributed by atoms with Crippen molar-refractivity contribution in [3.63, 3.8) is 0 Å². The topological polar surface area (TPSA) is 102 Å². The first-order chi connectivity index (χ1) is 21.8. The summed E-state index contributed by atoms with van der Waals surface area (Å²) in [5.74, 6) is -0.699. The predicted molar refractivity (Wildman–Crippen MR) is 166 cm³/mol. The number of halogens is 2. The van der Waals surface area contributed by atoms with E-state index in [1.165, 1.54) is 42.5 Å². The van der Waals surface area contributed by atoms with E-state index in [0.717, 1.165) is 25.9 Å². The van der Waals surface area contributed by atoms with Crippen molar-refractivity contribution in [2.45, 2.75) is 25.7 Å². The summed E-state index contributed by atoms with van der Waals surface area (Å²) in [5.41, 5.74) is -0.344. The fourth-order valence-corrected chi connectivity index (χ4v) is 5.46.